The van der Waals surface area contributed by atoms with E-state index in [1.165, 1.54) is 0 Å². The Morgan fingerprint density at radius 3 is 1.56 bits per heavy atom. The number of rotatable bonds is 2. The molecule has 0 unspecified atom stereocenters. The zero-order chi connectivity index (χ0) is 5.91. The molecule has 1 N–H and O–H groups in total. The van der Waals surface area contributed by atoms with Gasteiger partial charge < -0.3 is 9.59 Å². The topological polar surface area (TPSA) is 20.2 Å². The van der Waals surface area contributed by atoms with E-state index in [2.05, 4.69) is 21.1 Å². The first-order valence-electron chi connectivity index (χ1n) is 2.47. The second-order valence-electron chi connectivity index (χ2n) is 2.74. The Morgan fingerprint density at radius 1 is 1.22 bits per heavy atom. The molecule has 0 aliphatic heterocycles. The van der Waals surface area contributed by atoms with Gasteiger partial charge in [-0.15, -0.1) is 12.4 Å². The van der Waals surface area contributed by atoms with Gasteiger partial charge in [-0.2, -0.15) is 0 Å². The Bertz CT molecular complexity index is 55.4. The maximum Gasteiger partial charge on any atom is 0.101 e. The molecule has 0 saturated carbocycles. The molecule has 2 nitrogen and oxygen atoms in total. The first kappa shape index (κ1) is 16.4. The van der Waals surface area contributed by atoms with Crippen molar-refractivity contribution in [3.05, 3.63) is 0 Å². The van der Waals surface area contributed by atoms with Crippen molar-refractivity contribution in [3.8, 4) is 0 Å². The molecule has 0 heterocycles. The Kier molecular flexibility index (Phi) is 12.7. The number of aliphatic hydroxyl groups excluding tert-OH is 1. The number of nitrogens with zero attached hydrogens (tertiary/aromatic N) is 1. The summed E-state index contributed by atoms with van der Waals surface area (Å²) in [6, 6.07) is 0. The van der Waals surface area contributed by atoms with E-state index in [1.54, 1.807) is 0 Å². The van der Waals surface area contributed by atoms with Crippen LogP contribution in [0.25, 0.3) is 0 Å². The van der Waals surface area contributed by atoms with E-state index in [0.717, 1.165) is 11.0 Å². The molecule has 0 atom stereocenters. The van der Waals surface area contributed by atoms with Gasteiger partial charge in [0, 0.05) is 19.5 Å². The van der Waals surface area contributed by atoms with Crippen LogP contribution in [0, 0.1) is 0 Å². The summed E-state index contributed by atoms with van der Waals surface area (Å²) in [5, 5.41) is 8.39. The molecule has 0 spiro atoms. The molecule has 9 heavy (non-hydrogen) atoms. The van der Waals surface area contributed by atoms with Crippen LogP contribution in [0.5, 0.6) is 0 Å². The van der Waals surface area contributed by atoms with Crippen LogP contribution in [0.4, 0.5) is 0 Å². The van der Waals surface area contributed by atoms with Gasteiger partial charge in [-0.3, -0.25) is 0 Å². The van der Waals surface area contributed by atoms with Crippen LogP contribution in [-0.4, -0.2) is 43.9 Å². The van der Waals surface area contributed by atoms with E-state index in [4.69, 9.17) is 5.11 Å². The van der Waals surface area contributed by atoms with Gasteiger partial charge >= 0.3 is 0 Å². The third-order valence-electron chi connectivity index (χ3n) is 0.771. The molecule has 0 aromatic carbocycles. The van der Waals surface area contributed by atoms with E-state index in [-0.39, 0.29) is 38.5 Å². The fourth-order valence-electron chi connectivity index (χ4n) is 0.300. The summed E-state index contributed by atoms with van der Waals surface area (Å²) in [6.45, 7) is 1.11. The summed E-state index contributed by atoms with van der Waals surface area (Å²) < 4.78 is 0.844. The average Bonchev–Trinajstić information content (AvgIpc) is 1.30. The molecule has 0 aromatic rings. The molecule has 0 amide bonds. The first-order chi connectivity index (χ1) is 3.06. The predicted octanol–water partition coefficient (Wildman–Crippen LogP) is 0.104. The van der Waals surface area contributed by atoms with Gasteiger partial charge in [0.05, 0.1) is 27.7 Å². The fourth-order valence-corrected chi connectivity index (χ4v) is 0.300. The molecule has 0 saturated heterocycles. The minimum absolute atomic E-state index is 0. The van der Waals surface area contributed by atoms with Crippen LogP contribution < -0.4 is 0 Å². The molecule has 0 rings (SSSR count). The first-order valence-corrected chi connectivity index (χ1v) is 2.47. The number of hydrogen-bond donors (Lipinski definition) is 1. The Balaban J connectivity index is -0.000000180. The second-order valence-corrected chi connectivity index (χ2v) is 2.74. The molecular formula is C5H15ClNOZn+. The molecule has 4 heteroatoms. The normalized spacial score (nSPS) is 9.33. The number of halogens is 1. The van der Waals surface area contributed by atoms with Crippen LogP contribution in [-0.2, 0) is 19.5 Å². The van der Waals surface area contributed by atoms with Crippen LogP contribution in [0.1, 0.15) is 0 Å². The number of quaternary nitrogens is 1. The summed E-state index contributed by atoms with van der Waals surface area (Å²) in [5.41, 5.74) is 0. The maximum atomic E-state index is 8.39. The van der Waals surface area contributed by atoms with Gasteiger partial charge in [0.2, 0.25) is 0 Å². The standard InChI is InChI=1S/C5H14NO.ClH.Zn/c1-6(2,3)4-5-7;;/h7H,4-5H2,1-3H3;1H;/q+1;;. The van der Waals surface area contributed by atoms with Gasteiger partial charge in [-0.05, 0) is 0 Å². The van der Waals surface area contributed by atoms with Gasteiger partial charge in [-0.25, -0.2) is 0 Å². The molecule has 0 fully saturated rings. The quantitative estimate of drug-likeness (QED) is 0.502. The van der Waals surface area contributed by atoms with Crippen molar-refractivity contribution in [1.82, 2.24) is 0 Å². The number of aliphatic hydroxyl groups is 1. The average molecular weight is 206 g/mol. The van der Waals surface area contributed by atoms with Crippen molar-refractivity contribution in [1.29, 1.82) is 0 Å². The third-order valence-corrected chi connectivity index (χ3v) is 0.771. The largest absolute Gasteiger partial charge is 0.391 e. The Morgan fingerprint density at radius 2 is 1.56 bits per heavy atom. The molecule has 54 valence electrons. The smallest absolute Gasteiger partial charge is 0.101 e. The zero-order valence-electron chi connectivity index (χ0n) is 6.42. The van der Waals surface area contributed by atoms with Crippen molar-refractivity contribution in [3.63, 3.8) is 0 Å². The van der Waals surface area contributed by atoms with Crippen molar-refractivity contribution >= 4 is 12.4 Å². The van der Waals surface area contributed by atoms with Crippen LogP contribution in [0.3, 0.4) is 0 Å². The van der Waals surface area contributed by atoms with Crippen molar-refractivity contribution in [2.45, 2.75) is 0 Å². The van der Waals surface area contributed by atoms with Gasteiger partial charge in [0.1, 0.15) is 6.54 Å². The van der Waals surface area contributed by atoms with E-state index < -0.39 is 0 Å². The summed E-state index contributed by atoms with van der Waals surface area (Å²) >= 11 is 0. The van der Waals surface area contributed by atoms with Gasteiger partial charge in [0.15, 0.2) is 0 Å². The molecule has 0 aromatic heterocycles. The summed E-state index contributed by atoms with van der Waals surface area (Å²) in [6.07, 6.45) is 0. The fraction of sp³-hybridized carbons (Fsp3) is 1.00. The van der Waals surface area contributed by atoms with Gasteiger partial charge in [-0.1, -0.05) is 0 Å². The van der Waals surface area contributed by atoms with E-state index in [1.807, 2.05) is 0 Å². The van der Waals surface area contributed by atoms with Crippen molar-refractivity contribution in [2.24, 2.45) is 0 Å². The number of hydrogen-bond acceptors (Lipinski definition) is 1. The van der Waals surface area contributed by atoms with Crippen LogP contribution >= 0.6 is 12.4 Å². The molecule has 0 radical (unpaired) electrons. The summed E-state index contributed by atoms with van der Waals surface area (Å²) in [4.78, 5) is 0. The van der Waals surface area contributed by atoms with Gasteiger partial charge in [0.25, 0.3) is 0 Å². The Hall–Kier alpha value is 0.833. The molecule has 0 aliphatic carbocycles. The molecule has 0 bridgehead atoms. The number of likely N-dealkylation sites (N-methyl/N-ethyl adjacent to an activating group) is 1. The summed E-state index contributed by atoms with van der Waals surface area (Å²) in [5.74, 6) is 0. The zero-order valence-corrected chi connectivity index (χ0v) is 10.2. The molecule has 0 aliphatic rings. The molecular weight excluding hydrogens is 191 g/mol. The third kappa shape index (κ3) is 17.7. The minimum Gasteiger partial charge on any atom is -0.391 e. The Labute approximate surface area is 76.0 Å². The maximum absolute atomic E-state index is 8.39. The van der Waals surface area contributed by atoms with E-state index in [0.29, 0.717) is 0 Å². The SMILES string of the molecule is C[N+](C)(C)CCO.Cl.[Zn]. The monoisotopic (exact) mass is 204 g/mol. The summed E-state index contributed by atoms with van der Waals surface area (Å²) in [7, 11) is 6.16. The van der Waals surface area contributed by atoms with Crippen molar-refractivity contribution < 1.29 is 29.1 Å². The van der Waals surface area contributed by atoms with Crippen LogP contribution in [0.2, 0.25) is 0 Å². The minimum atomic E-state index is 0. The van der Waals surface area contributed by atoms with Crippen LogP contribution in [0.15, 0.2) is 0 Å². The van der Waals surface area contributed by atoms with E-state index >= 15 is 0 Å². The van der Waals surface area contributed by atoms with Crippen molar-refractivity contribution in [2.75, 3.05) is 34.3 Å². The van der Waals surface area contributed by atoms with E-state index in [9.17, 15) is 0 Å². The second kappa shape index (κ2) is 6.95. The predicted molar refractivity (Wildman–Crippen MR) is 37.2 cm³/mol.